The van der Waals surface area contributed by atoms with Gasteiger partial charge in [0.15, 0.2) is 0 Å². The highest BCUT2D eigenvalue weighted by atomic mass is 35.5. The molecule has 0 saturated carbocycles. The molecule has 0 amide bonds. The molecule has 1 aliphatic heterocycles. The average Bonchev–Trinajstić information content (AvgIpc) is 2.89. The molecule has 0 aromatic carbocycles. The molecule has 1 fully saturated rings. The maximum atomic E-state index is 6.02. The van der Waals surface area contributed by atoms with Crippen LogP contribution in [0.5, 0.6) is 0 Å². The van der Waals surface area contributed by atoms with Crippen molar-refractivity contribution in [3.63, 3.8) is 0 Å². The summed E-state index contributed by atoms with van der Waals surface area (Å²) in [5, 5.41) is 2.84. The van der Waals surface area contributed by atoms with Crippen molar-refractivity contribution in [2.24, 2.45) is 11.7 Å². The molecule has 1 aromatic heterocycles. The molecule has 96 valence electrons. The Labute approximate surface area is 113 Å². The number of nitrogens with two attached hydrogens (primary N) is 1. The number of hydrogen-bond donors (Lipinski definition) is 1. The first-order valence-electron chi connectivity index (χ1n) is 6.33. The summed E-state index contributed by atoms with van der Waals surface area (Å²) in [6.45, 7) is 6.45. The first-order chi connectivity index (χ1) is 8.13. The molecule has 0 radical (unpaired) electrons. The highest BCUT2D eigenvalue weighted by molar-refractivity contribution is 7.10. The van der Waals surface area contributed by atoms with Crippen molar-refractivity contribution in [3.8, 4) is 0 Å². The van der Waals surface area contributed by atoms with Gasteiger partial charge in [0.05, 0.1) is 11.1 Å². The third-order valence-corrected chi connectivity index (χ3v) is 5.03. The minimum atomic E-state index is 0.349. The van der Waals surface area contributed by atoms with Gasteiger partial charge in [-0.15, -0.1) is 11.3 Å². The van der Waals surface area contributed by atoms with Crippen molar-refractivity contribution in [2.45, 2.75) is 38.8 Å². The Balaban J connectivity index is 2.18. The Bertz CT molecular complexity index is 364. The second-order valence-corrected chi connectivity index (χ2v) is 6.49. The molecule has 2 atom stereocenters. The fourth-order valence-electron chi connectivity index (χ4n) is 2.84. The van der Waals surface area contributed by atoms with Gasteiger partial charge in [-0.1, -0.05) is 25.4 Å². The first-order valence-corrected chi connectivity index (χ1v) is 7.59. The van der Waals surface area contributed by atoms with Crippen molar-refractivity contribution in [1.82, 2.24) is 4.90 Å². The van der Waals surface area contributed by atoms with Crippen LogP contribution in [0, 0.1) is 5.92 Å². The molecular formula is C13H21ClN2S. The number of nitrogens with zero attached hydrogens (tertiary/aromatic N) is 1. The van der Waals surface area contributed by atoms with Crippen LogP contribution in [0.3, 0.4) is 0 Å². The topological polar surface area (TPSA) is 29.3 Å². The van der Waals surface area contributed by atoms with Gasteiger partial charge in [-0.2, -0.15) is 0 Å². The number of hydrogen-bond acceptors (Lipinski definition) is 3. The lowest BCUT2D eigenvalue weighted by atomic mass is 10.0. The van der Waals surface area contributed by atoms with E-state index < -0.39 is 0 Å². The van der Waals surface area contributed by atoms with E-state index >= 15 is 0 Å². The maximum Gasteiger partial charge on any atom is 0.0567 e. The van der Waals surface area contributed by atoms with E-state index in [1.807, 2.05) is 5.38 Å². The lowest BCUT2D eigenvalue weighted by Gasteiger charge is -2.34. The molecule has 4 heteroatoms. The van der Waals surface area contributed by atoms with E-state index in [1.54, 1.807) is 11.3 Å². The Morgan fingerprint density at radius 1 is 1.59 bits per heavy atom. The highest BCUT2D eigenvalue weighted by Gasteiger charge is 2.33. The minimum Gasteiger partial charge on any atom is -0.329 e. The second kappa shape index (κ2) is 5.70. The van der Waals surface area contributed by atoms with Crippen LogP contribution in [0.25, 0.3) is 0 Å². The van der Waals surface area contributed by atoms with Gasteiger partial charge in [-0.3, -0.25) is 4.90 Å². The summed E-state index contributed by atoms with van der Waals surface area (Å²) in [6.07, 6.45) is 2.59. The molecule has 2 nitrogen and oxygen atoms in total. The number of likely N-dealkylation sites (tertiary alicyclic amines) is 1. The lowest BCUT2D eigenvalue weighted by Crippen LogP contribution is -2.39. The van der Waals surface area contributed by atoms with E-state index in [0.717, 1.165) is 5.02 Å². The fourth-order valence-corrected chi connectivity index (χ4v) is 4.05. The van der Waals surface area contributed by atoms with Crippen LogP contribution in [0.1, 0.15) is 37.6 Å². The van der Waals surface area contributed by atoms with Gasteiger partial charge in [0.2, 0.25) is 0 Å². The number of halogens is 1. The lowest BCUT2D eigenvalue weighted by molar-refractivity contribution is 0.151. The standard InChI is InChI=1S/C13H21ClN2S/c1-9(2)11-4-3-5-16(11)12(7-15)13-6-10(14)8-17-13/h6,8-9,11-12H,3-5,7,15H2,1-2H3. The predicted octanol–water partition coefficient (Wildman–Crippen LogP) is 3.52. The minimum absolute atomic E-state index is 0.349. The van der Waals surface area contributed by atoms with Gasteiger partial charge in [0, 0.05) is 22.8 Å². The van der Waals surface area contributed by atoms with E-state index in [2.05, 4.69) is 24.8 Å². The van der Waals surface area contributed by atoms with Crippen molar-refractivity contribution in [2.75, 3.05) is 13.1 Å². The van der Waals surface area contributed by atoms with Gasteiger partial charge in [-0.05, 0) is 31.4 Å². The van der Waals surface area contributed by atoms with Crippen molar-refractivity contribution >= 4 is 22.9 Å². The Morgan fingerprint density at radius 3 is 2.88 bits per heavy atom. The van der Waals surface area contributed by atoms with Crippen LogP contribution in [0.2, 0.25) is 5.02 Å². The number of rotatable bonds is 4. The van der Waals surface area contributed by atoms with Crippen LogP contribution in [-0.2, 0) is 0 Å². The Morgan fingerprint density at radius 2 is 2.35 bits per heavy atom. The molecule has 0 bridgehead atoms. The first kappa shape index (κ1) is 13.3. The quantitative estimate of drug-likeness (QED) is 0.909. The molecule has 0 aliphatic carbocycles. The van der Waals surface area contributed by atoms with Gasteiger partial charge < -0.3 is 5.73 Å². The predicted molar refractivity (Wildman–Crippen MR) is 75.7 cm³/mol. The zero-order valence-electron chi connectivity index (χ0n) is 10.5. The third-order valence-electron chi connectivity index (χ3n) is 3.65. The summed E-state index contributed by atoms with van der Waals surface area (Å²) in [5.74, 6) is 0.696. The summed E-state index contributed by atoms with van der Waals surface area (Å²) >= 11 is 7.75. The number of thiophene rings is 1. The Kier molecular flexibility index (Phi) is 4.47. The van der Waals surface area contributed by atoms with Gasteiger partial charge in [0.1, 0.15) is 0 Å². The normalized spacial score (nSPS) is 23.5. The van der Waals surface area contributed by atoms with E-state index in [4.69, 9.17) is 17.3 Å². The average molecular weight is 273 g/mol. The highest BCUT2D eigenvalue weighted by Crippen LogP contribution is 2.35. The molecular weight excluding hydrogens is 252 g/mol. The zero-order valence-corrected chi connectivity index (χ0v) is 12.1. The molecule has 2 unspecified atom stereocenters. The molecule has 1 saturated heterocycles. The maximum absolute atomic E-state index is 6.02. The molecule has 0 spiro atoms. The Hall–Kier alpha value is -0.0900. The second-order valence-electron chi connectivity index (χ2n) is 5.11. The van der Waals surface area contributed by atoms with E-state index in [1.165, 1.54) is 24.3 Å². The molecule has 1 aromatic rings. The van der Waals surface area contributed by atoms with Crippen LogP contribution in [0.4, 0.5) is 0 Å². The van der Waals surface area contributed by atoms with Crippen molar-refractivity contribution in [1.29, 1.82) is 0 Å². The van der Waals surface area contributed by atoms with Crippen LogP contribution >= 0.6 is 22.9 Å². The van der Waals surface area contributed by atoms with Crippen molar-refractivity contribution < 1.29 is 0 Å². The zero-order chi connectivity index (χ0) is 12.4. The molecule has 17 heavy (non-hydrogen) atoms. The summed E-state index contributed by atoms with van der Waals surface area (Å²) in [7, 11) is 0. The third kappa shape index (κ3) is 2.84. The monoisotopic (exact) mass is 272 g/mol. The molecule has 1 aliphatic rings. The summed E-state index contributed by atoms with van der Waals surface area (Å²) in [6, 6.07) is 3.09. The summed E-state index contributed by atoms with van der Waals surface area (Å²) < 4.78 is 0. The smallest absolute Gasteiger partial charge is 0.0567 e. The van der Waals surface area contributed by atoms with E-state index in [0.29, 0.717) is 24.5 Å². The van der Waals surface area contributed by atoms with Crippen LogP contribution < -0.4 is 5.73 Å². The van der Waals surface area contributed by atoms with Crippen LogP contribution in [-0.4, -0.2) is 24.0 Å². The molecule has 2 N–H and O–H groups in total. The fraction of sp³-hybridized carbons (Fsp3) is 0.692. The van der Waals surface area contributed by atoms with Crippen molar-refractivity contribution in [3.05, 3.63) is 21.3 Å². The van der Waals surface area contributed by atoms with Gasteiger partial charge in [-0.25, -0.2) is 0 Å². The van der Waals surface area contributed by atoms with Crippen LogP contribution in [0.15, 0.2) is 11.4 Å². The molecule has 2 rings (SSSR count). The molecule has 2 heterocycles. The van der Waals surface area contributed by atoms with Gasteiger partial charge >= 0.3 is 0 Å². The summed E-state index contributed by atoms with van der Waals surface area (Å²) in [5.41, 5.74) is 5.98. The largest absolute Gasteiger partial charge is 0.329 e. The van der Waals surface area contributed by atoms with E-state index in [-0.39, 0.29) is 0 Å². The SMILES string of the molecule is CC(C)C1CCCN1C(CN)c1cc(Cl)cs1. The van der Waals surface area contributed by atoms with Gasteiger partial charge in [0.25, 0.3) is 0 Å². The summed E-state index contributed by atoms with van der Waals surface area (Å²) in [4.78, 5) is 3.89. The van der Waals surface area contributed by atoms with E-state index in [9.17, 15) is 0 Å².